The average molecular weight is 188 g/mol. The van der Waals surface area contributed by atoms with E-state index in [2.05, 4.69) is 16.2 Å². The molecule has 0 saturated carbocycles. The molecule has 0 aliphatic rings. The molecule has 1 aromatic rings. The Hall–Kier alpha value is -1.82. The summed E-state index contributed by atoms with van der Waals surface area (Å²) in [7, 11) is 0. The molecular formula is C11H12N2O. The van der Waals surface area contributed by atoms with E-state index in [0.717, 1.165) is 5.56 Å². The molecule has 0 aliphatic carbocycles. The Balaban J connectivity index is 2.47. The van der Waals surface area contributed by atoms with Gasteiger partial charge in [0.15, 0.2) is 0 Å². The SMILES string of the molecule is C#CC(C)NC(=O)Cc1cccnc1. The van der Waals surface area contributed by atoms with Crippen LogP contribution in [0.15, 0.2) is 24.5 Å². The van der Waals surface area contributed by atoms with E-state index >= 15 is 0 Å². The Morgan fingerprint density at radius 2 is 2.57 bits per heavy atom. The molecule has 3 heteroatoms. The normalized spacial score (nSPS) is 11.4. The van der Waals surface area contributed by atoms with Crippen molar-refractivity contribution in [2.24, 2.45) is 0 Å². The number of rotatable bonds is 3. The van der Waals surface area contributed by atoms with Crippen molar-refractivity contribution in [2.45, 2.75) is 19.4 Å². The van der Waals surface area contributed by atoms with Gasteiger partial charge in [-0.25, -0.2) is 0 Å². The Labute approximate surface area is 83.6 Å². The van der Waals surface area contributed by atoms with Gasteiger partial charge in [-0.05, 0) is 18.6 Å². The zero-order chi connectivity index (χ0) is 10.4. The Kier molecular flexibility index (Phi) is 3.69. The number of hydrogen-bond acceptors (Lipinski definition) is 2. The van der Waals surface area contributed by atoms with E-state index in [1.54, 1.807) is 25.4 Å². The number of terminal acetylenes is 1. The van der Waals surface area contributed by atoms with Crippen LogP contribution in [0.25, 0.3) is 0 Å². The van der Waals surface area contributed by atoms with Gasteiger partial charge in [-0.1, -0.05) is 12.0 Å². The lowest BCUT2D eigenvalue weighted by molar-refractivity contribution is -0.120. The second-order valence-corrected chi connectivity index (χ2v) is 2.99. The fourth-order valence-corrected chi connectivity index (χ4v) is 1.02. The highest BCUT2D eigenvalue weighted by molar-refractivity contribution is 5.79. The van der Waals surface area contributed by atoms with Crippen molar-refractivity contribution < 1.29 is 4.79 Å². The number of carbonyl (C=O) groups excluding carboxylic acids is 1. The van der Waals surface area contributed by atoms with Gasteiger partial charge in [-0.3, -0.25) is 9.78 Å². The van der Waals surface area contributed by atoms with Gasteiger partial charge < -0.3 is 5.32 Å². The van der Waals surface area contributed by atoms with Gasteiger partial charge >= 0.3 is 0 Å². The standard InChI is InChI=1S/C11H12N2O/c1-3-9(2)13-11(14)7-10-5-4-6-12-8-10/h1,4-6,8-9H,7H2,2H3,(H,13,14). The maximum atomic E-state index is 11.3. The summed E-state index contributed by atoms with van der Waals surface area (Å²) in [5.74, 6) is 2.35. The zero-order valence-corrected chi connectivity index (χ0v) is 8.03. The second kappa shape index (κ2) is 5.03. The summed E-state index contributed by atoms with van der Waals surface area (Å²) in [6, 6.07) is 3.43. The first-order chi connectivity index (χ1) is 6.72. The lowest BCUT2D eigenvalue weighted by Crippen LogP contribution is -2.32. The molecule has 0 radical (unpaired) electrons. The van der Waals surface area contributed by atoms with Crippen molar-refractivity contribution in [2.75, 3.05) is 0 Å². The highest BCUT2D eigenvalue weighted by Gasteiger charge is 2.05. The number of aromatic nitrogens is 1. The van der Waals surface area contributed by atoms with Crippen molar-refractivity contribution in [1.29, 1.82) is 0 Å². The minimum Gasteiger partial charge on any atom is -0.342 e. The van der Waals surface area contributed by atoms with Crippen molar-refractivity contribution in [3.63, 3.8) is 0 Å². The largest absolute Gasteiger partial charge is 0.342 e. The molecule has 1 heterocycles. The lowest BCUT2D eigenvalue weighted by Gasteiger charge is -2.06. The van der Waals surface area contributed by atoms with Gasteiger partial charge in [0.2, 0.25) is 5.91 Å². The molecule has 1 atom stereocenters. The lowest BCUT2D eigenvalue weighted by atomic mass is 10.2. The maximum absolute atomic E-state index is 11.3. The van der Waals surface area contributed by atoms with Crippen LogP contribution in [0.1, 0.15) is 12.5 Å². The molecule has 1 aromatic heterocycles. The third-order valence-corrected chi connectivity index (χ3v) is 1.71. The third kappa shape index (κ3) is 3.28. The minimum atomic E-state index is -0.223. The first-order valence-electron chi connectivity index (χ1n) is 4.37. The van der Waals surface area contributed by atoms with E-state index in [4.69, 9.17) is 6.42 Å². The highest BCUT2D eigenvalue weighted by atomic mass is 16.1. The fourth-order valence-electron chi connectivity index (χ4n) is 1.02. The first-order valence-corrected chi connectivity index (χ1v) is 4.37. The third-order valence-electron chi connectivity index (χ3n) is 1.71. The second-order valence-electron chi connectivity index (χ2n) is 2.99. The van der Waals surface area contributed by atoms with Crippen molar-refractivity contribution >= 4 is 5.91 Å². The number of carbonyl (C=O) groups is 1. The first kappa shape index (κ1) is 10.3. The fraction of sp³-hybridized carbons (Fsp3) is 0.273. The van der Waals surface area contributed by atoms with E-state index in [9.17, 15) is 4.79 Å². The molecule has 0 bridgehead atoms. The van der Waals surface area contributed by atoms with Gasteiger partial charge in [0.1, 0.15) is 0 Å². The Morgan fingerprint density at radius 1 is 1.79 bits per heavy atom. The molecule has 1 rings (SSSR count). The van der Waals surface area contributed by atoms with Crippen molar-refractivity contribution in [3.8, 4) is 12.3 Å². The summed E-state index contributed by atoms with van der Waals surface area (Å²) < 4.78 is 0. The molecule has 0 saturated heterocycles. The van der Waals surface area contributed by atoms with Crippen LogP contribution in [-0.4, -0.2) is 16.9 Å². The Morgan fingerprint density at radius 3 is 3.14 bits per heavy atom. The van der Waals surface area contributed by atoms with Crippen LogP contribution >= 0.6 is 0 Å². The quantitative estimate of drug-likeness (QED) is 0.712. The monoisotopic (exact) mass is 188 g/mol. The molecule has 1 amide bonds. The molecule has 1 unspecified atom stereocenters. The summed E-state index contributed by atoms with van der Waals surface area (Å²) in [5.41, 5.74) is 0.884. The highest BCUT2D eigenvalue weighted by Crippen LogP contribution is 1.96. The number of amides is 1. The molecule has 3 nitrogen and oxygen atoms in total. The molecule has 0 fully saturated rings. The van der Waals surface area contributed by atoms with Gasteiger partial charge in [-0.15, -0.1) is 6.42 Å². The average Bonchev–Trinajstić information content (AvgIpc) is 2.19. The van der Waals surface area contributed by atoms with Crippen LogP contribution in [0.4, 0.5) is 0 Å². The predicted octanol–water partition coefficient (Wildman–Crippen LogP) is 0.762. The van der Waals surface area contributed by atoms with Crippen LogP contribution in [0.2, 0.25) is 0 Å². The minimum absolute atomic E-state index is 0.0801. The van der Waals surface area contributed by atoms with Crippen LogP contribution in [0.5, 0.6) is 0 Å². The smallest absolute Gasteiger partial charge is 0.225 e. The predicted molar refractivity (Wildman–Crippen MR) is 54.4 cm³/mol. The maximum Gasteiger partial charge on any atom is 0.225 e. The van der Waals surface area contributed by atoms with Crippen molar-refractivity contribution in [1.82, 2.24) is 10.3 Å². The van der Waals surface area contributed by atoms with Gasteiger partial charge in [0.05, 0.1) is 12.5 Å². The van der Waals surface area contributed by atoms with Crippen LogP contribution < -0.4 is 5.32 Å². The molecule has 0 aliphatic heterocycles. The molecule has 0 aromatic carbocycles. The summed E-state index contributed by atoms with van der Waals surface area (Å²) in [6.45, 7) is 1.77. The molecule has 14 heavy (non-hydrogen) atoms. The summed E-state index contributed by atoms with van der Waals surface area (Å²) in [5, 5.41) is 2.68. The number of nitrogens with one attached hydrogen (secondary N) is 1. The molecular weight excluding hydrogens is 176 g/mol. The van der Waals surface area contributed by atoms with Crippen LogP contribution in [-0.2, 0) is 11.2 Å². The molecule has 0 spiro atoms. The van der Waals surface area contributed by atoms with Crippen LogP contribution in [0, 0.1) is 12.3 Å². The number of pyridine rings is 1. The summed E-state index contributed by atoms with van der Waals surface area (Å²) in [6.07, 6.45) is 8.79. The summed E-state index contributed by atoms with van der Waals surface area (Å²) in [4.78, 5) is 15.3. The molecule has 72 valence electrons. The molecule has 1 N–H and O–H groups in total. The number of hydrogen-bond donors (Lipinski definition) is 1. The van der Waals surface area contributed by atoms with E-state index in [1.807, 2.05) is 6.07 Å². The summed E-state index contributed by atoms with van der Waals surface area (Å²) >= 11 is 0. The van der Waals surface area contributed by atoms with E-state index in [0.29, 0.717) is 6.42 Å². The van der Waals surface area contributed by atoms with Crippen LogP contribution in [0.3, 0.4) is 0 Å². The van der Waals surface area contributed by atoms with E-state index in [-0.39, 0.29) is 11.9 Å². The Bertz CT molecular complexity index is 340. The van der Waals surface area contributed by atoms with E-state index < -0.39 is 0 Å². The van der Waals surface area contributed by atoms with Gasteiger partial charge in [-0.2, -0.15) is 0 Å². The van der Waals surface area contributed by atoms with Gasteiger partial charge in [0.25, 0.3) is 0 Å². The van der Waals surface area contributed by atoms with Crippen molar-refractivity contribution in [3.05, 3.63) is 30.1 Å². The number of nitrogens with zero attached hydrogens (tertiary/aromatic N) is 1. The van der Waals surface area contributed by atoms with E-state index in [1.165, 1.54) is 0 Å². The zero-order valence-electron chi connectivity index (χ0n) is 8.03. The topological polar surface area (TPSA) is 42.0 Å². The van der Waals surface area contributed by atoms with Gasteiger partial charge in [0, 0.05) is 12.4 Å².